The number of H-pyrrole nitrogens is 1. The standard InChI is InChI=1S/C31H25F3N4O2/c1-17-25(26-15-21(32)7-8-27(26)37-17)16-29(39)38-28(12-18-10-22(33)14-23(34)11-18)30-24(6-3-9-36-30)19-4-2-5-20(13-19)31(35)40/h2-11,13-15,28,37H,12,16H2,1H3,(H2,35,40)(H,38,39). The third-order valence-corrected chi connectivity index (χ3v) is 6.74. The first kappa shape index (κ1) is 26.7. The van der Waals surface area contributed by atoms with Crippen LogP contribution in [0.3, 0.4) is 0 Å². The number of aromatic nitrogens is 2. The van der Waals surface area contributed by atoms with Crippen molar-refractivity contribution < 1.29 is 22.8 Å². The average molecular weight is 543 g/mol. The van der Waals surface area contributed by atoms with Gasteiger partial charge in [0.1, 0.15) is 17.5 Å². The average Bonchev–Trinajstić information content (AvgIpc) is 3.21. The molecule has 5 rings (SSSR count). The van der Waals surface area contributed by atoms with Gasteiger partial charge in [0, 0.05) is 40.0 Å². The summed E-state index contributed by atoms with van der Waals surface area (Å²) in [6.07, 6.45) is 1.51. The molecule has 6 nitrogen and oxygen atoms in total. The van der Waals surface area contributed by atoms with E-state index in [-0.39, 0.29) is 12.8 Å². The van der Waals surface area contributed by atoms with E-state index in [1.807, 2.05) is 0 Å². The van der Waals surface area contributed by atoms with Gasteiger partial charge in [-0.25, -0.2) is 13.2 Å². The van der Waals surface area contributed by atoms with E-state index in [1.165, 1.54) is 24.3 Å². The van der Waals surface area contributed by atoms with Gasteiger partial charge in [-0.1, -0.05) is 18.2 Å². The van der Waals surface area contributed by atoms with E-state index < -0.39 is 35.3 Å². The number of fused-ring (bicyclic) bond motifs is 1. The summed E-state index contributed by atoms with van der Waals surface area (Å²) < 4.78 is 42.1. The van der Waals surface area contributed by atoms with Crippen LogP contribution < -0.4 is 11.1 Å². The van der Waals surface area contributed by atoms with E-state index in [4.69, 9.17) is 5.73 Å². The van der Waals surface area contributed by atoms with Gasteiger partial charge in [0.2, 0.25) is 11.8 Å². The number of halogens is 3. The van der Waals surface area contributed by atoms with Gasteiger partial charge < -0.3 is 16.0 Å². The maximum Gasteiger partial charge on any atom is 0.248 e. The fourth-order valence-corrected chi connectivity index (χ4v) is 4.95. The van der Waals surface area contributed by atoms with Gasteiger partial charge >= 0.3 is 0 Å². The third kappa shape index (κ3) is 5.73. The van der Waals surface area contributed by atoms with E-state index >= 15 is 0 Å². The Morgan fingerprint density at radius 3 is 2.48 bits per heavy atom. The molecule has 2 amide bonds. The van der Waals surface area contributed by atoms with Crippen molar-refractivity contribution in [2.24, 2.45) is 5.73 Å². The van der Waals surface area contributed by atoms with Crippen molar-refractivity contribution in [3.63, 3.8) is 0 Å². The van der Waals surface area contributed by atoms with Crippen LogP contribution in [0.15, 0.2) is 79.0 Å². The molecule has 0 radical (unpaired) electrons. The summed E-state index contributed by atoms with van der Waals surface area (Å²) >= 11 is 0. The van der Waals surface area contributed by atoms with E-state index in [2.05, 4.69) is 15.3 Å². The topological polar surface area (TPSA) is 101 Å². The summed E-state index contributed by atoms with van der Waals surface area (Å²) in [6, 6.07) is 16.8. The zero-order valence-electron chi connectivity index (χ0n) is 21.5. The largest absolute Gasteiger partial charge is 0.366 e. The van der Waals surface area contributed by atoms with Crippen LogP contribution in [0.2, 0.25) is 0 Å². The summed E-state index contributed by atoms with van der Waals surface area (Å²) in [5, 5.41) is 3.56. The Morgan fingerprint density at radius 1 is 0.950 bits per heavy atom. The number of rotatable bonds is 8. The Labute approximate surface area is 228 Å². The van der Waals surface area contributed by atoms with Crippen LogP contribution in [0.1, 0.15) is 38.9 Å². The number of nitrogens with one attached hydrogen (secondary N) is 2. The molecule has 1 unspecified atom stereocenters. The zero-order valence-corrected chi connectivity index (χ0v) is 21.5. The predicted molar refractivity (Wildman–Crippen MR) is 146 cm³/mol. The van der Waals surface area contributed by atoms with Gasteiger partial charge in [0.05, 0.1) is 18.2 Å². The summed E-state index contributed by atoms with van der Waals surface area (Å²) in [4.78, 5) is 32.9. The number of hydrogen-bond acceptors (Lipinski definition) is 3. The van der Waals surface area contributed by atoms with Gasteiger partial charge in [-0.05, 0) is 78.6 Å². The molecule has 40 heavy (non-hydrogen) atoms. The molecule has 0 fully saturated rings. The van der Waals surface area contributed by atoms with Crippen LogP contribution in [0.4, 0.5) is 13.2 Å². The zero-order chi connectivity index (χ0) is 28.4. The number of hydrogen-bond donors (Lipinski definition) is 3. The SMILES string of the molecule is Cc1[nH]c2ccc(F)cc2c1CC(=O)NC(Cc1cc(F)cc(F)c1)c1ncccc1-c1cccc(C(N)=O)c1. The minimum Gasteiger partial charge on any atom is -0.366 e. The molecule has 0 spiro atoms. The maximum absolute atomic E-state index is 14.1. The van der Waals surface area contributed by atoms with Crippen molar-refractivity contribution in [1.29, 1.82) is 0 Å². The maximum atomic E-state index is 14.1. The van der Waals surface area contributed by atoms with Gasteiger partial charge in [0.25, 0.3) is 0 Å². The third-order valence-electron chi connectivity index (χ3n) is 6.74. The van der Waals surface area contributed by atoms with Gasteiger partial charge in [-0.15, -0.1) is 0 Å². The lowest BCUT2D eigenvalue weighted by Crippen LogP contribution is -2.32. The molecule has 202 valence electrons. The van der Waals surface area contributed by atoms with Gasteiger partial charge in [-0.3, -0.25) is 14.6 Å². The molecule has 1 atom stereocenters. The lowest BCUT2D eigenvalue weighted by Gasteiger charge is -2.22. The highest BCUT2D eigenvalue weighted by Crippen LogP contribution is 2.30. The Kier molecular flexibility index (Phi) is 7.37. The van der Waals surface area contributed by atoms with Crippen molar-refractivity contribution in [3.05, 3.63) is 125 Å². The highest BCUT2D eigenvalue weighted by Gasteiger charge is 2.23. The number of primary amides is 1. The Bertz CT molecular complexity index is 1730. The summed E-state index contributed by atoms with van der Waals surface area (Å²) in [6.45, 7) is 1.80. The van der Waals surface area contributed by atoms with Gasteiger partial charge in [-0.2, -0.15) is 0 Å². The molecule has 0 aliphatic heterocycles. The van der Waals surface area contributed by atoms with Crippen molar-refractivity contribution in [2.45, 2.75) is 25.8 Å². The molecule has 4 N–H and O–H groups in total. The Hall–Kier alpha value is -4.92. The Balaban J connectivity index is 1.53. The van der Waals surface area contributed by atoms with E-state index in [0.717, 1.165) is 11.8 Å². The number of nitrogens with two attached hydrogens (primary N) is 1. The van der Waals surface area contributed by atoms with Crippen LogP contribution in [-0.2, 0) is 17.6 Å². The first-order valence-corrected chi connectivity index (χ1v) is 12.5. The number of nitrogens with zero attached hydrogens (tertiary/aromatic N) is 1. The molecule has 2 heterocycles. The number of carbonyl (C=O) groups excluding carboxylic acids is 2. The molecular formula is C31H25F3N4O2. The van der Waals surface area contributed by atoms with Gasteiger partial charge in [0.15, 0.2) is 0 Å². The molecule has 3 aromatic carbocycles. The smallest absolute Gasteiger partial charge is 0.248 e. The fourth-order valence-electron chi connectivity index (χ4n) is 4.95. The second-order valence-electron chi connectivity index (χ2n) is 9.58. The molecule has 5 aromatic rings. The normalized spacial score (nSPS) is 11.9. The molecular weight excluding hydrogens is 517 g/mol. The number of carbonyl (C=O) groups is 2. The predicted octanol–water partition coefficient (Wildman–Crippen LogP) is 5.70. The highest BCUT2D eigenvalue weighted by molar-refractivity contribution is 5.94. The minimum atomic E-state index is -0.801. The number of aryl methyl sites for hydroxylation is 1. The second kappa shape index (κ2) is 11.1. The number of pyridine rings is 1. The summed E-state index contributed by atoms with van der Waals surface area (Å²) in [5.74, 6) is -2.90. The van der Waals surface area contributed by atoms with Crippen LogP contribution in [0.25, 0.3) is 22.0 Å². The first-order valence-electron chi connectivity index (χ1n) is 12.5. The van der Waals surface area contributed by atoms with Crippen LogP contribution in [0, 0.1) is 24.4 Å². The molecule has 0 aliphatic rings. The number of aromatic amines is 1. The quantitative estimate of drug-likeness (QED) is 0.235. The fraction of sp³-hybridized carbons (Fsp3) is 0.129. The van der Waals surface area contributed by atoms with E-state index in [9.17, 15) is 22.8 Å². The Morgan fingerprint density at radius 2 is 1.73 bits per heavy atom. The molecule has 0 bridgehead atoms. The van der Waals surface area contributed by atoms with E-state index in [1.54, 1.807) is 55.6 Å². The van der Waals surface area contributed by atoms with Crippen LogP contribution >= 0.6 is 0 Å². The van der Waals surface area contributed by atoms with Crippen molar-refractivity contribution in [1.82, 2.24) is 15.3 Å². The highest BCUT2D eigenvalue weighted by atomic mass is 19.1. The molecule has 9 heteroatoms. The number of benzene rings is 3. The summed E-state index contributed by atoms with van der Waals surface area (Å²) in [5.41, 5.74) is 9.82. The summed E-state index contributed by atoms with van der Waals surface area (Å²) in [7, 11) is 0. The first-order chi connectivity index (χ1) is 19.2. The van der Waals surface area contributed by atoms with Crippen LogP contribution in [0.5, 0.6) is 0 Å². The van der Waals surface area contributed by atoms with Crippen molar-refractivity contribution in [3.8, 4) is 11.1 Å². The monoisotopic (exact) mass is 542 g/mol. The minimum absolute atomic E-state index is 0.0292. The lowest BCUT2D eigenvalue weighted by molar-refractivity contribution is -0.121. The molecule has 0 saturated carbocycles. The van der Waals surface area contributed by atoms with E-state index in [0.29, 0.717) is 44.4 Å². The van der Waals surface area contributed by atoms with Crippen LogP contribution in [-0.4, -0.2) is 21.8 Å². The molecule has 2 aromatic heterocycles. The second-order valence-corrected chi connectivity index (χ2v) is 9.58. The number of amides is 2. The van der Waals surface area contributed by atoms with Crippen molar-refractivity contribution >= 4 is 22.7 Å². The molecule has 0 saturated heterocycles. The van der Waals surface area contributed by atoms with Crippen molar-refractivity contribution in [2.75, 3.05) is 0 Å². The lowest BCUT2D eigenvalue weighted by atomic mass is 9.94. The molecule has 0 aliphatic carbocycles.